The normalized spacial score (nSPS) is 11.4. The average molecular weight is 200 g/mol. The Kier molecular flexibility index (Phi) is 2.91. The summed E-state index contributed by atoms with van der Waals surface area (Å²) in [6.07, 6.45) is 0. The first-order chi connectivity index (χ1) is 6.19. The molecule has 0 spiro atoms. The first-order valence-electron chi connectivity index (χ1n) is 3.33. The number of methoxy groups -OCH3 is 1. The Labute approximate surface area is 78.6 Å². The summed E-state index contributed by atoms with van der Waals surface area (Å²) in [4.78, 5) is 18.6. The molecule has 0 amide bonds. The first-order valence-corrected chi connectivity index (χ1v) is 4.11. The molecule has 0 aliphatic heterocycles. The Bertz CT molecular complexity index is 346. The van der Waals surface area contributed by atoms with Gasteiger partial charge in [0.15, 0.2) is 16.7 Å². The Hall–Kier alpha value is -1.50. The van der Waals surface area contributed by atoms with E-state index in [0.29, 0.717) is 5.13 Å². The third kappa shape index (κ3) is 2.00. The summed E-state index contributed by atoms with van der Waals surface area (Å²) >= 11 is 1.00. The fourth-order valence-electron chi connectivity index (χ4n) is 0.711. The third-order valence-corrected chi connectivity index (χ3v) is 1.80. The van der Waals surface area contributed by atoms with Gasteiger partial charge in [-0.2, -0.15) is 9.36 Å². The number of nitrogens with zero attached hydrogens (tertiary/aromatic N) is 3. The second-order valence-electron chi connectivity index (χ2n) is 2.02. The van der Waals surface area contributed by atoms with Crippen molar-refractivity contribution >= 4 is 28.3 Å². The standard InChI is InChI=1S/C6H8N4O2S/c1-8-3(5(11)12-2)4-9-6(7)13-10-4/h1-2H3,(H2,7,9,10)/b8-3+. The third-order valence-electron chi connectivity index (χ3n) is 1.26. The van der Waals surface area contributed by atoms with Crippen LogP contribution in [0.1, 0.15) is 5.82 Å². The first kappa shape index (κ1) is 9.59. The van der Waals surface area contributed by atoms with Crippen molar-refractivity contribution < 1.29 is 9.53 Å². The van der Waals surface area contributed by atoms with Crippen LogP contribution in [-0.2, 0) is 9.53 Å². The van der Waals surface area contributed by atoms with Crippen molar-refractivity contribution in [2.45, 2.75) is 0 Å². The number of rotatable bonds is 2. The summed E-state index contributed by atoms with van der Waals surface area (Å²) in [6, 6.07) is 0. The molecule has 0 radical (unpaired) electrons. The maximum atomic E-state index is 11.1. The lowest BCUT2D eigenvalue weighted by atomic mass is 10.3. The number of nitrogens with two attached hydrogens (primary N) is 1. The number of nitrogen functional groups attached to an aromatic ring is 1. The van der Waals surface area contributed by atoms with E-state index in [4.69, 9.17) is 5.73 Å². The highest BCUT2D eigenvalue weighted by atomic mass is 32.1. The van der Waals surface area contributed by atoms with Crippen molar-refractivity contribution in [3.8, 4) is 0 Å². The molecule has 0 aliphatic carbocycles. The van der Waals surface area contributed by atoms with Gasteiger partial charge in [0.1, 0.15) is 0 Å². The maximum Gasteiger partial charge on any atom is 0.360 e. The Morgan fingerprint density at radius 2 is 2.38 bits per heavy atom. The van der Waals surface area contributed by atoms with Gasteiger partial charge in [-0.3, -0.25) is 4.99 Å². The van der Waals surface area contributed by atoms with Gasteiger partial charge in [0, 0.05) is 18.6 Å². The van der Waals surface area contributed by atoms with E-state index in [1.54, 1.807) is 0 Å². The van der Waals surface area contributed by atoms with E-state index in [-0.39, 0.29) is 11.5 Å². The highest BCUT2D eigenvalue weighted by Gasteiger charge is 2.17. The molecule has 0 bridgehead atoms. The quantitative estimate of drug-likeness (QED) is 0.523. The summed E-state index contributed by atoms with van der Waals surface area (Å²) in [6.45, 7) is 0. The number of hydrogen-bond acceptors (Lipinski definition) is 7. The van der Waals surface area contributed by atoms with E-state index in [1.165, 1.54) is 14.2 Å². The molecule has 0 saturated heterocycles. The Balaban J connectivity index is 2.99. The fraction of sp³-hybridized carbons (Fsp3) is 0.333. The van der Waals surface area contributed by atoms with Gasteiger partial charge in [-0.05, 0) is 0 Å². The minimum atomic E-state index is -0.569. The monoisotopic (exact) mass is 200 g/mol. The van der Waals surface area contributed by atoms with Gasteiger partial charge in [0.2, 0.25) is 0 Å². The highest BCUT2D eigenvalue weighted by Crippen LogP contribution is 2.07. The molecule has 70 valence electrons. The number of esters is 1. The average Bonchev–Trinajstić information content (AvgIpc) is 2.53. The van der Waals surface area contributed by atoms with Crippen molar-refractivity contribution in [2.75, 3.05) is 19.9 Å². The summed E-state index contributed by atoms with van der Waals surface area (Å²) in [5.74, 6) is -0.364. The van der Waals surface area contributed by atoms with Crippen molar-refractivity contribution in [3.63, 3.8) is 0 Å². The summed E-state index contributed by atoms with van der Waals surface area (Å²) in [5, 5.41) is 0.292. The van der Waals surface area contributed by atoms with Crippen LogP contribution in [0.3, 0.4) is 0 Å². The predicted molar refractivity (Wildman–Crippen MR) is 48.8 cm³/mol. The van der Waals surface area contributed by atoms with Crippen LogP contribution in [0.25, 0.3) is 0 Å². The van der Waals surface area contributed by atoms with E-state index in [9.17, 15) is 4.79 Å². The lowest BCUT2D eigenvalue weighted by Gasteiger charge is -1.96. The molecule has 7 heteroatoms. The highest BCUT2D eigenvalue weighted by molar-refractivity contribution is 7.09. The van der Waals surface area contributed by atoms with Gasteiger partial charge >= 0.3 is 5.97 Å². The van der Waals surface area contributed by atoms with Crippen molar-refractivity contribution in [2.24, 2.45) is 4.99 Å². The van der Waals surface area contributed by atoms with Crippen LogP contribution in [0.5, 0.6) is 0 Å². The van der Waals surface area contributed by atoms with Gasteiger partial charge in [0.05, 0.1) is 7.11 Å². The lowest BCUT2D eigenvalue weighted by molar-refractivity contribution is -0.132. The molecule has 0 saturated carbocycles. The van der Waals surface area contributed by atoms with Crippen LogP contribution < -0.4 is 5.73 Å². The fourth-order valence-corrected chi connectivity index (χ4v) is 1.15. The van der Waals surface area contributed by atoms with Crippen LogP contribution in [0, 0.1) is 0 Å². The number of anilines is 1. The smallest absolute Gasteiger partial charge is 0.360 e. The van der Waals surface area contributed by atoms with Crippen LogP contribution in [0.4, 0.5) is 5.13 Å². The minimum Gasteiger partial charge on any atom is -0.464 e. The molecule has 2 N–H and O–H groups in total. The lowest BCUT2D eigenvalue weighted by Crippen LogP contribution is -2.18. The largest absolute Gasteiger partial charge is 0.464 e. The zero-order valence-electron chi connectivity index (χ0n) is 7.14. The van der Waals surface area contributed by atoms with Crippen LogP contribution >= 0.6 is 11.5 Å². The summed E-state index contributed by atoms with van der Waals surface area (Å²) in [5.41, 5.74) is 5.43. The number of aromatic nitrogens is 2. The zero-order valence-corrected chi connectivity index (χ0v) is 7.96. The number of aliphatic imine (C=N–C) groups is 1. The summed E-state index contributed by atoms with van der Waals surface area (Å²) < 4.78 is 8.31. The van der Waals surface area contributed by atoms with Crippen molar-refractivity contribution in [1.82, 2.24) is 9.36 Å². The minimum absolute atomic E-state index is 0.0791. The number of carbonyl (C=O) groups is 1. The molecule has 1 rings (SSSR count). The van der Waals surface area contributed by atoms with Crippen molar-refractivity contribution in [1.29, 1.82) is 0 Å². The molecule has 1 aromatic heterocycles. The second-order valence-corrected chi connectivity index (χ2v) is 2.80. The van der Waals surface area contributed by atoms with Gasteiger partial charge in [-0.1, -0.05) is 0 Å². The SMILES string of the molecule is C/N=C(/C(=O)OC)c1nsc(N)n1. The molecule has 13 heavy (non-hydrogen) atoms. The Morgan fingerprint density at radius 3 is 2.77 bits per heavy atom. The zero-order chi connectivity index (χ0) is 9.84. The Morgan fingerprint density at radius 1 is 1.69 bits per heavy atom. The molecule has 0 unspecified atom stereocenters. The van der Waals surface area contributed by atoms with E-state index >= 15 is 0 Å². The van der Waals surface area contributed by atoms with Gasteiger partial charge in [0.25, 0.3) is 0 Å². The van der Waals surface area contributed by atoms with Crippen LogP contribution in [0.15, 0.2) is 4.99 Å². The molecule has 1 heterocycles. The number of carbonyl (C=O) groups excluding carboxylic acids is 1. The predicted octanol–water partition coefficient (Wildman–Crippen LogP) is -0.288. The van der Waals surface area contributed by atoms with Gasteiger partial charge < -0.3 is 10.5 Å². The van der Waals surface area contributed by atoms with Crippen LogP contribution in [-0.4, -0.2) is 35.2 Å². The van der Waals surface area contributed by atoms with Crippen LogP contribution in [0.2, 0.25) is 0 Å². The number of hydrogen-bond donors (Lipinski definition) is 1. The maximum absolute atomic E-state index is 11.1. The summed E-state index contributed by atoms with van der Waals surface area (Å²) in [7, 11) is 2.73. The topological polar surface area (TPSA) is 90.5 Å². The molecule has 0 fully saturated rings. The second kappa shape index (κ2) is 3.94. The molecule has 0 aliphatic rings. The van der Waals surface area contributed by atoms with E-state index < -0.39 is 5.97 Å². The van der Waals surface area contributed by atoms with Crippen molar-refractivity contribution in [3.05, 3.63) is 5.82 Å². The van der Waals surface area contributed by atoms with E-state index in [1.807, 2.05) is 0 Å². The molecule has 0 aromatic carbocycles. The van der Waals surface area contributed by atoms with E-state index in [2.05, 4.69) is 19.1 Å². The van der Waals surface area contributed by atoms with E-state index in [0.717, 1.165) is 11.5 Å². The molecule has 1 aromatic rings. The molecular weight excluding hydrogens is 192 g/mol. The molecule has 0 atom stereocenters. The molecular formula is C6H8N4O2S. The van der Waals surface area contributed by atoms with Gasteiger partial charge in [-0.25, -0.2) is 4.79 Å². The van der Waals surface area contributed by atoms with Gasteiger partial charge in [-0.15, -0.1) is 0 Å². The number of ether oxygens (including phenoxy) is 1. The molecule has 6 nitrogen and oxygen atoms in total.